The summed E-state index contributed by atoms with van der Waals surface area (Å²) in [6.45, 7) is 0.620. The van der Waals surface area contributed by atoms with Crippen LogP contribution < -0.4 is 9.47 Å². The number of alkyl halides is 2. The number of halogens is 2. The van der Waals surface area contributed by atoms with Gasteiger partial charge in [0, 0.05) is 6.07 Å². The molecule has 0 saturated heterocycles. The van der Waals surface area contributed by atoms with E-state index in [9.17, 15) is 13.6 Å². The molecule has 1 rings (SSSR count). The predicted octanol–water partition coefficient (Wildman–Crippen LogP) is 1.94. The van der Waals surface area contributed by atoms with E-state index in [-0.39, 0.29) is 23.1 Å². The topological polar surface area (TPSA) is 48.4 Å². The molecule has 0 aliphatic carbocycles. The number of hydrogen-bond acceptors (Lipinski definition) is 4. The summed E-state index contributed by atoms with van der Waals surface area (Å²) in [7, 11) is 1.34. The van der Waals surface area contributed by atoms with E-state index < -0.39 is 13.0 Å². The van der Waals surface area contributed by atoms with Gasteiger partial charge in [0.1, 0.15) is 0 Å². The number of ketones is 1. The van der Waals surface area contributed by atoms with E-state index in [2.05, 4.69) is 4.98 Å². The number of carbonyl (C=O) groups is 1. The van der Waals surface area contributed by atoms with Gasteiger partial charge in [-0.3, -0.25) is 4.79 Å². The molecule has 1 aromatic heterocycles. The summed E-state index contributed by atoms with van der Waals surface area (Å²) >= 11 is 0. The van der Waals surface area contributed by atoms with Crippen LogP contribution in [0.3, 0.4) is 0 Å². The first-order chi connectivity index (χ1) is 7.54. The third-order valence-electron chi connectivity index (χ3n) is 1.76. The molecule has 1 aromatic rings. The zero-order valence-corrected chi connectivity index (χ0v) is 8.87. The largest absolute Gasteiger partial charge is 0.480 e. The van der Waals surface area contributed by atoms with Gasteiger partial charge < -0.3 is 9.47 Å². The maximum Gasteiger partial charge on any atom is 0.272 e. The van der Waals surface area contributed by atoms with Gasteiger partial charge in [-0.15, -0.1) is 0 Å². The van der Waals surface area contributed by atoms with E-state index in [1.165, 1.54) is 26.2 Å². The molecule has 0 fully saturated rings. The van der Waals surface area contributed by atoms with Crippen molar-refractivity contribution in [2.45, 2.75) is 13.3 Å². The number of aromatic nitrogens is 1. The molecule has 0 aromatic carbocycles. The number of ether oxygens (including phenoxy) is 2. The van der Waals surface area contributed by atoms with Gasteiger partial charge in [0.25, 0.3) is 6.43 Å². The maximum atomic E-state index is 11.9. The summed E-state index contributed by atoms with van der Waals surface area (Å²) in [5.41, 5.74) is 0.284. The second-order valence-electron chi connectivity index (χ2n) is 2.96. The van der Waals surface area contributed by atoms with Gasteiger partial charge in [-0.2, -0.15) is 4.98 Å². The fourth-order valence-corrected chi connectivity index (χ4v) is 1.08. The Morgan fingerprint density at radius 2 is 2.19 bits per heavy atom. The molecule has 6 heteroatoms. The number of methoxy groups -OCH3 is 1. The summed E-state index contributed by atoms with van der Waals surface area (Å²) < 4.78 is 33.3. The molecule has 4 nitrogen and oxygen atoms in total. The molecule has 0 bridgehead atoms. The minimum absolute atomic E-state index is 0.00199. The summed E-state index contributed by atoms with van der Waals surface area (Å²) in [4.78, 5) is 14.9. The lowest BCUT2D eigenvalue weighted by Crippen LogP contribution is -2.09. The molecule has 0 amide bonds. The molecule has 0 spiro atoms. The van der Waals surface area contributed by atoms with Crippen molar-refractivity contribution in [2.24, 2.45) is 0 Å². The van der Waals surface area contributed by atoms with E-state index in [1.807, 2.05) is 0 Å². The average molecular weight is 231 g/mol. The normalized spacial score (nSPS) is 10.3. The van der Waals surface area contributed by atoms with Crippen molar-refractivity contribution in [3.8, 4) is 11.8 Å². The summed E-state index contributed by atoms with van der Waals surface area (Å²) in [5, 5.41) is 0. The van der Waals surface area contributed by atoms with E-state index >= 15 is 0 Å². The van der Waals surface area contributed by atoms with Crippen molar-refractivity contribution in [1.29, 1.82) is 0 Å². The number of pyridine rings is 1. The van der Waals surface area contributed by atoms with Crippen molar-refractivity contribution >= 4 is 5.78 Å². The number of nitrogens with zero attached hydrogens (tertiary/aromatic N) is 1. The van der Waals surface area contributed by atoms with Gasteiger partial charge in [0.05, 0.1) is 12.7 Å². The lowest BCUT2D eigenvalue weighted by atomic mass is 10.2. The van der Waals surface area contributed by atoms with Gasteiger partial charge >= 0.3 is 0 Å². The first kappa shape index (κ1) is 12.4. The number of rotatable bonds is 5. The van der Waals surface area contributed by atoms with Gasteiger partial charge in [-0.25, -0.2) is 8.78 Å². The number of Topliss-reactive ketones (excluding diaryl/α,β-unsaturated/α-hetero) is 1. The predicted molar refractivity (Wildman–Crippen MR) is 52.3 cm³/mol. The molecule has 0 atom stereocenters. The Balaban J connectivity index is 2.86. The Hall–Kier alpha value is -1.72. The average Bonchev–Trinajstić information content (AvgIpc) is 2.25. The molecule has 1 heterocycles. The number of carbonyl (C=O) groups excluding carboxylic acids is 1. The highest BCUT2D eigenvalue weighted by Gasteiger charge is 2.12. The van der Waals surface area contributed by atoms with Crippen molar-refractivity contribution in [1.82, 2.24) is 4.98 Å². The smallest absolute Gasteiger partial charge is 0.272 e. The molecular formula is C10H11F2NO3. The maximum absolute atomic E-state index is 11.9. The minimum atomic E-state index is -2.57. The van der Waals surface area contributed by atoms with Crippen LogP contribution >= 0.6 is 0 Å². The monoisotopic (exact) mass is 231 g/mol. The van der Waals surface area contributed by atoms with Gasteiger partial charge in [-0.1, -0.05) is 0 Å². The Morgan fingerprint density at radius 1 is 1.50 bits per heavy atom. The third kappa shape index (κ3) is 3.15. The summed E-state index contributed by atoms with van der Waals surface area (Å²) in [6, 6.07) is 2.77. The first-order valence-electron chi connectivity index (χ1n) is 4.51. The zero-order chi connectivity index (χ0) is 12.1. The van der Waals surface area contributed by atoms with Gasteiger partial charge in [-0.05, 0) is 13.0 Å². The highest BCUT2D eigenvalue weighted by molar-refractivity contribution is 5.96. The molecule has 0 saturated carbocycles. The van der Waals surface area contributed by atoms with Crippen LogP contribution in [0, 0.1) is 0 Å². The Morgan fingerprint density at radius 3 is 2.69 bits per heavy atom. The lowest BCUT2D eigenvalue weighted by Gasteiger charge is -2.08. The van der Waals surface area contributed by atoms with Crippen LogP contribution in [0.4, 0.5) is 8.78 Å². The van der Waals surface area contributed by atoms with E-state index in [4.69, 9.17) is 9.47 Å². The molecule has 0 radical (unpaired) electrons. The molecule has 0 N–H and O–H groups in total. The first-order valence-corrected chi connectivity index (χ1v) is 4.51. The molecule has 16 heavy (non-hydrogen) atoms. The second-order valence-corrected chi connectivity index (χ2v) is 2.96. The number of hydrogen-bond donors (Lipinski definition) is 0. The quantitative estimate of drug-likeness (QED) is 0.726. The van der Waals surface area contributed by atoms with Gasteiger partial charge in [0.2, 0.25) is 11.8 Å². The Labute approximate surface area is 91.2 Å². The van der Waals surface area contributed by atoms with E-state index in [0.717, 1.165) is 0 Å². The zero-order valence-electron chi connectivity index (χ0n) is 8.87. The van der Waals surface area contributed by atoms with Crippen molar-refractivity contribution in [3.05, 3.63) is 17.7 Å². The molecule has 88 valence electrons. The van der Waals surface area contributed by atoms with Crippen LogP contribution in [0.15, 0.2) is 12.1 Å². The minimum Gasteiger partial charge on any atom is -0.480 e. The fourth-order valence-electron chi connectivity index (χ4n) is 1.08. The second kappa shape index (κ2) is 5.39. The van der Waals surface area contributed by atoms with E-state index in [0.29, 0.717) is 0 Å². The standard InChI is InChI=1S/C10H11F2NO3/c1-6(14)7-3-4-9(13-10(7)15-2)16-5-8(11)12/h3-4,8H,5H2,1-2H3. The fraction of sp³-hybridized carbons (Fsp3) is 0.400. The van der Waals surface area contributed by atoms with Crippen LogP contribution in [0.1, 0.15) is 17.3 Å². The summed E-state index contributed by atoms with van der Waals surface area (Å²) in [5.74, 6) is -0.147. The Bertz CT molecular complexity index is 382. The third-order valence-corrected chi connectivity index (χ3v) is 1.76. The van der Waals surface area contributed by atoms with Crippen LogP contribution in [0.2, 0.25) is 0 Å². The molecule has 0 aliphatic rings. The molecular weight excluding hydrogens is 220 g/mol. The molecule has 0 unspecified atom stereocenters. The van der Waals surface area contributed by atoms with Crippen molar-refractivity contribution in [3.63, 3.8) is 0 Å². The highest BCUT2D eigenvalue weighted by atomic mass is 19.3. The lowest BCUT2D eigenvalue weighted by molar-refractivity contribution is 0.0791. The van der Waals surface area contributed by atoms with Crippen LogP contribution in [-0.2, 0) is 0 Å². The van der Waals surface area contributed by atoms with Gasteiger partial charge in [0.15, 0.2) is 12.4 Å². The van der Waals surface area contributed by atoms with Crippen molar-refractivity contribution in [2.75, 3.05) is 13.7 Å². The Kier molecular flexibility index (Phi) is 4.16. The highest BCUT2D eigenvalue weighted by Crippen LogP contribution is 2.20. The summed E-state index contributed by atoms with van der Waals surface area (Å²) in [6.07, 6.45) is -2.57. The van der Waals surface area contributed by atoms with Crippen molar-refractivity contribution < 1.29 is 23.0 Å². The van der Waals surface area contributed by atoms with Crippen LogP contribution in [0.5, 0.6) is 11.8 Å². The molecule has 0 aliphatic heterocycles. The van der Waals surface area contributed by atoms with Crippen LogP contribution in [-0.4, -0.2) is 30.9 Å². The SMILES string of the molecule is COc1nc(OCC(F)F)ccc1C(C)=O. The van der Waals surface area contributed by atoms with Crippen LogP contribution in [0.25, 0.3) is 0 Å². The van der Waals surface area contributed by atoms with E-state index in [1.54, 1.807) is 0 Å².